The van der Waals surface area contributed by atoms with Crippen molar-refractivity contribution in [3.63, 3.8) is 0 Å². The molecule has 0 unspecified atom stereocenters. The zero-order chi connectivity index (χ0) is 18.6. The molecule has 0 aliphatic carbocycles. The molecule has 1 aromatic heterocycles. The van der Waals surface area contributed by atoms with E-state index in [-0.39, 0.29) is 5.91 Å². The maximum absolute atomic E-state index is 12.6. The third-order valence-electron chi connectivity index (χ3n) is 4.65. The SMILES string of the molecule is O=C(c1ccc(Cl)cc1)N1CCN(Cc2nnnn2-c2ccccc2)CC1. The van der Waals surface area contributed by atoms with Crippen molar-refractivity contribution in [3.05, 3.63) is 71.0 Å². The number of carbonyl (C=O) groups is 1. The Morgan fingerprint density at radius 3 is 2.37 bits per heavy atom. The highest BCUT2D eigenvalue weighted by atomic mass is 35.5. The first-order valence-electron chi connectivity index (χ1n) is 8.80. The smallest absolute Gasteiger partial charge is 0.253 e. The number of hydrogen-bond acceptors (Lipinski definition) is 5. The number of nitrogens with zero attached hydrogens (tertiary/aromatic N) is 6. The summed E-state index contributed by atoms with van der Waals surface area (Å²) in [6.45, 7) is 3.55. The summed E-state index contributed by atoms with van der Waals surface area (Å²) in [7, 11) is 0. The Labute approximate surface area is 162 Å². The van der Waals surface area contributed by atoms with Gasteiger partial charge in [0.1, 0.15) is 0 Å². The van der Waals surface area contributed by atoms with Crippen LogP contribution in [0.3, 0.4) is 0 Å². The number of halogens is 1. The molecular weight excluding hydrogens is 364 g/mol. The Balaban J connectivity index is 1.37. The van der Waals surface area contributed by atoms with Gasteiger partial charge in [0.15, 0.2) is 5.82 Å². The molecule has 2 aromatic carbocycles. The van der Waals surface area contributed by atoms with Crippen LogP contribution in [-0.4, -0.2) is 62.1 Å². The third kappa shape index (κ3) is 3.99. The molecule has 0 bridgehead atoms. The van der Waals surface area contributed by atoms with Crippen molar-refractivity contribution < 1.29 is 4.79 Å². The van der Waals surface area contributed by atoms with Gasteiger partial charge in [-0.1, -0.05) is 29.8 Å². The van der Waals surface area contributed by atoms with Crippen molar-refractivity contribution in [1.82, 2.24) is 30.0 Å². The van der Waals surface area contributed by atoms with Gasteiger partial charge in [-0.2, -0.15) is 4.68 Å². The van der Waals surface area contributed by atoms with E-state index in [1.165, 1.54) is 0 Å². The van der Waals surface area contributed by atoms with E-state index < -0.39 is 0 Å². The molecule has 4 rings (SSSR count). The summed E-state index contributed by atoms with van der Waals surface area (Å²) in [6, 6.07) is 16.9. The minimum atomic E-state index is 0.0421. The topological polar surface area (TPSA) is 67.2 Å². The van der Waals surface area contributed by atoms with Gasteiger partial charge in [-0.25, -0.2) is 0 Å². The Kier molecular flexibility index (Phi) is 5.13. The van der Waals surface area contributed by atoms with Gasteiger partial charge in [0.05, 0.1) is 12.2 Å². The predicted molar refractivity (Wildman–Crippen MR) is 102 cm³/mol. The van der Waals surface area contributed by atoms with Crippen LogP contribution in [0.15, 0.2) is 54.6 Å². The number of amides is 1. The van der Waals surface area contributed by atoms with Crippen LogP contribution >= 0.6 is 11.6 Å². The average molecular weight is 383 g/mol. The van der Waals surface area contributed by atoms with E-state index in [0.717, 1.165) is 24.6 Å². The zero-order valence-electron chi connectivity index (χ0n) is 14.7. The fraction of sp³-hybridized carbons (Fsp3) is 0.263. The van der Waals surface area contributed by atoms with Crippen LogP contribution in [0.2, 0.25) is 5.02 Å². The van der Waals surface area contributed by atoms with Gasteiger partial charge < -0.3 is 4.90 Å². The van der Waals surface area contributed by atoms with Crippen LogP contribution in [0.25, 0.3) is 5.69 Å². The van der Waals surface area contributed by atoms with E-state index >= 15 is 0 Å². The summed E-state index contributed by atoms with van der Waals surface area (Å²) in [5, 5.41) is 12.7. The van der Waals surface area contributed by atoms with E-state index in [4.69, 9.17) is 11.6 Å². The normalized spacial score (nSPS) is 15.1. The Morgan fingerprint density at radius 2 is 1.67 bits per heavy atom. The van der Waals surface area contributed by atoms with Gasteiger partial charge in [-0.05, 0) is 46.8 Å². The lowest BCUT2D eigenvalue weighted by atomic mass is 10.2. The van der Waals surface area contributed by atoms with E-state index in [1.807, 2.05) is 35.2 Å². The Hall–Kier alpha value is -2.77. The van der Waals surface area contributed by atoms with Crippen molar-refractivity contribution in [1.29, 1.82) is 0 Å². The molecule has 27 heavy (non-hydrogen) atoms. The molecule has 1 amide bonds. The Bertz CT molecular complexity index is 903. The lowest BCUT2D eigenvalue weighted by Gasteiger charge is -2.34. The molecular formula is C19H19ClN6O. The summed E-state index contributed by atoms with van der Waals surface area (Å²) >= 11 is 5.90. The molecule has 2 heterocycles. The number of rotatable bonds is 4. The minimum absolute atomic E-state index is 0.0421. The lowest BCUT2D eigenvalue weighted by molar-refractivity contribution is 0.0624. The minimum Gasteiger partial charge on any atom is -0.336 e. The molecule has 0 atom stereocenters. The molecule has 1 fully saturated rings. The van der Waals surface area contributed by atoms with Gasteiger partial charge in [0.25, 0.3) is 5.91 Å². The summed E-state index contributed by atoms with van der Waals surface area (Å²) in [5.41, 5.74) is 1.61. The van der Waals surface area contributed by atoms with Crippen LogP contribution in [0, 0.1) is 0 Å². The maximum Gasteiger partial charge on any atom is 0.253 e. The predicted octanol–water partition coefficient (Wildman–Crippen LogP) is 2.27. The summed E-state index contributed by atoms with van der Waals surface area (Å²) in [4.78, 5) is 16.7. The highest BCUT2D eigenvalue weighted by Crippen LogP contribution is 2.15. The second-order valence-electron chi connectivity index (χ2n) is 6.42. The molecule has 1 saturated heterocycles. The van der Waals surface area contributed by atoms with Gasteiger partial charge >= 0.3 is 0 Å². The Morgan fingerprint density at radius 1 is 0.963 bits per heavy atom. The van der Waals surface area contributed by atoms with Crippen LogP contribution in [0.1, 0.15) is 16.2 Å². The van der Waals surface area contributed by atoms with Crippen LogP contribution in [0.5, 0.6) is 0 Å². The van der Waals surface area contributed by atoms with Gasteiger partial charge in [0, 0.05) is 36.8 Å². The number of tetrazole rings is 1. The van der Waals surface area contributed by atoms with Gasteiger partial charge in [-0.15, -0.1) is 5.10 Å². The molecule has 138 valence electrons. The van der Waals surface area contributed by atoms with Crippen molar-refractivity contribution in [2.45, 2.75) is 6.54 Å². The number of hydrogen-bond donors (Lipinski definition) is 0. The monoisotopic (exact) mass is 382 g/mol. The van der Waals surface area contributed by atoms with Crippen LogP contribution in [0.4, 0.5) is 0 Å². The van der Waals surface area contributed by atoms with Crippen LogP contribution in [-0.2, 0) is 6.54 Å². The summed E-state index contributed by atoms with van der Waals surface area (Å²) in [6.07, 6.45) is 0. The third-order valence-corrected chi connectivity index (χ3v) is 4.90. The van der Waals surface area contributed by atoms with Crippen molar-refractivity contribution >= 4 is 17.5 Å². The van der Waals surface area contributed by atoms with Crippen molar-refractivity contribution in [3.8, 4) is 5.69 Å². The second kappa shape index (κ2) is 7.85. The van der Waals surface area contributed by atoms with Crippen LogP contribution < -0.4 is 0 Å². The van der Waals surface area contributed by atoms with Crippen molar-refractivity contribution in [2.24, 2.45) is 0 Å². The molecule has 0 N–H and O–H groups in total. The van der Waals surface area contributed by atoms with Gasteiger partial charge in [-0.3, -0.25) is 9.69 Å². The number of carbonyl (C=O) groups excluding carboxylic acids is 1. The molecule has 1 aliphatic rings. The number of piperazine rings is 1. The highest BCUT2D eigenvalue weighted by Gasteiger charge is 2.23. The van der Waals surface area contributed by atoms with Crippen molar-refractivity contribution in [2.75, 3.05) is 26.2 Å². The zero-order valence-corrected chi connectivity index (χ0v) is 15.5. The maximum atomic E-state index is 12.6. The second-order valence-corrected chi connectivity index (χ2v) is 6.85. The van der Waals surface area contributed by atoms with E-state index in [1.54, 1.807) is 28.9 Å². The molecule has 0 radical (unpaired) electrons. The lowest BCUT2D eigenvalue weighted by Crippen LogP contribution is -2.48. The molecule has 7 nitrogen and oxygen atoms in total. The number of aromatic nitrogens is 4. The molecule has 3 aromatic rings. The van der Waals surface area contributed by atoms with E-state index in [2.05, 4.69) is 20.4 Å². The molecule has 1 aliphatic heterocycles. The first kappa shape index (κ1) is 17.6. The van der Waals surface area contributed by atoms with E-state index in [9.17, 15) is 4.79 Å². The molecule has 8 heteroatoms. The average Bonchev–Trinajstić information content (AvgIpc) is 3.17. The standard InChI is InChI=1S/C19H19ClN6O/c20-16-8-6-15(7-9-16)19(27)25-12-10-24(11-13-25)14-18-21-22-23-26(18)17-4-2-1-3-5-17/h1-9H,10-14H2. The highest BCUT2D eigenvalue weighted by molar-refractivity contribution is 6.30. The summed E-state index contributed by atoms with van der Waals surface area (Å²) in [5.74, 6) is 0.833. The number of para-hydroxylation sites is 1. The fourth-order valence-corrected chi connectivity index (χ4v) is 3.28. The first-order valence-corrected chi connectivity index (χ1v) is 9.18. The van der Waals surface area contributed by atoms with Gasteiger partial charge in [0.2, 0.25) is 0 Å². The molecule has 0 spiro atoms. The molecule has 0 saturated carbocycles. The van der Waals surface area contributed by atoms with E-state index in [0.29, 0.717) is 30.2 Å². The number of benzene rings is 2. The first-order chi connectivity index (χ1) is 13.2. The largest absolute Gasteiger partial charge is 0.336 e. The fourth-order valence-electron chi connectivity index (χ4n) is 3.16. The summed E-state index contributed by atoms with van der Waals surface area (Å²) < 4.78 is 1.76. The quantitative estimate of drug-likeness (QED) is 0.692.